The Balaban J connectivity index is 0.00000729. The molecule has 1 rings (SSSR count). The number of hydrogen-bond donors (Lipinski definition) is 1. The number of amides is 1. The number of aliphatic imine (C=N–C) groups is 1. The third-order valence-corrected chi connectivity index (χ3v) is 4.30. The van der Waals surface area contributed by atoms with Crippen LogP contribution >= 0.6 is 24.0 Å². The van der Waals surface area contributed by atoms with Crippen LogP contribution in [0.3, 0.4) is 0 Å². The first kappa shape index (κ1) is 26.3. The predicted molar refractivity (Wildman–Crippen MR) is 125 cm³/mol. The zero-order valence-corrected chi connectivity index (χ0v) is 20.3. The highest BCUT2D eigenvalue weighted by atomic mass is 127. The molecule has 1 aromatic carbocycles. The van der Waals surface area contributed by atoms with Crippen molar-refractivity contribution in [3.05, 3.63) is 23.8 Å². The Kier molecular flexibility index (Phi) is 13.4. The minimum atomic E-state index is 0. The van der Waals surface area contributed by atoms with Crippen molar-refractivity contribution < 1.29 is 14.3 Å². The maximum Gasteiger partial charge on any atom is 0.224 e. The Bertz CT molecular complexity index is 621. The van der Waals surface area contributed by atoms with Crippen LogP contribution in [-0.4, -0.2) is 69.1 Å². The second-order valence-corrected chi connectivity index (χ2v) is 6.09. The first-order valence-electron chi connectivity index (χ1n) is 9.48. The van der Waals surface area contributed by atoms with Crippen molar-refractivity contribution in [1.29, 1.82) is 0 Å². The molecule has 0 saturated heterocycles. The van der Waals surface area contributed by atoms with Crippen molar-refractivity contribution in [2.45, 2.75) is 33.7 Å². The third-order valence-electron chi connectivity index (χ3n) is 4.30. The highest BCUT2D eigenvalue weighted by Gasteiger charge is 2.12. The van der Waals surface area contributed by atoms with Crippen molar-refractivity contribution in [1.82, 2.24) is 15.1 Å². The molecule has 160 valence electrons. The number of halogens is 1. The monoisotopic (exact) mass is 506 g/mol. The van der Waals surface area contributed by atoms with E-state index in [9.17, 15) is 4.79 Å². The Morgan fingerprint density at radius 3 is 2.36 bits per heavy atom. The van der Waals surface area contributed by atoms with Crippen molar-refractivity contribution in [3.63, 3.8) is 0 Å². The summed E-state index contributed by atoms with van der Waals surface area (Å²) >= 11 is 0. The van der Waals surface area contributed by atoms with Crippen LogP contribution in [-0.2, 0) is 11.3 Å². The summed E-state index contributed by atoms with van der Waals surface area (Å²) in [4.78, 5) is 20.6. The number of carbonyl (C=O) groups excluding carboxylic acids is 1. The molecule has 8 heteroatoms. The summed E-state index contributed by atoms with van der Waals surface area (Å²) in [6, 6.07) is 5.77. The van der Waals surface area contributed by atoms with Gasteiger partial charge in [0.15, 0.2) is 5.96 Å². The molecule has 0 aliphatic rings. The Morgan fingerprint density at radius 2 is 1.82 bits per heavy atom. The van der Waals surface area contributed by atoms with Gasteiger partial charge in [-0.3, -0.25) is 9.79 Å². The van der Waals surface area contributed by atoms with Gasteiger partial charge < -0.3 is 24.6 Å². The molecule has 0 aliphatic heterocycles. The molecule has 0 saturated carbocycles. The topological polar surface area (TPSA) is 66.4 Å². The van der Waals surface area contributed by atoms with E-state index in [0.29, 0.717) is 19.5 Å². The molecule has 0 heterocycles. The van der Waals surface area contributed by atoms with Gasteiger partial charge in [-0.15, -0.1) is 24.0 Å². The molecule has 1 N–H and O–H groups in total. The molecule has 1 amide bonds. The molecule has 0 aliphatic carbocycles. The second-order valence-electron chi connectivity index (χ2n) is 6.09. The lowest BCUT2D eigenvalue weighted by Gasteiger charge is -2.23. The highest BCUT2D eigenvalue weighted by Crippen LogP contribution is 2.25. The highest BCUT2D eigenvalue weighted by molar-refractivity contribution is 14.0. The van der Waals surface area contributed by atoms with Crippen LogP contribution in [0.5, 0.6) is 11.5 Å². The molecular weight excluding hydrogens is 471 g/mol. The van der Waals surface area contributed by atoms with Gasteiger partial charge >= 0.3 is 0 Å². The minimum absolute atomic E-state index is 0. The van der Waals surface area contributed by atoms with Crippen LogP contribution in [0.4, 0.5) is 0 Å². The van der Waals surface area contributed by atoms with E-state index in [0.717, 1.165) is 42.7 Å². The number of guanidine groups is 1. The van der Waals surface area contributed by atoms with Crippen LogP contribution in [0.1, 0.15) is 32.8 Å². The van der Waals surface area contributed by atoms with Gasteiger partial charge in [0.25, 0.3) is 0 Å². The van der Waals surface area contributed by atoms with Crippen LogP contribution in [0.25, 0.3) is 0 Å². The van der Waals surface area contributed by atoms with Crippen molar-refractivity contribution in [3.8, 4) is 11.5 Å². The zero-order chi connectivity index (χ0) is 20.2. The van der Waals surface area contributed by atoms with Gasteiger partial charge in [-0.25, -0.2) is 0 Å². The number of hydrogen-bond acceptors (Lipinski definition) is 4. The SMILES string of the molecule is CCNC(=NCCC(=O)N(CC)CC)N(C)Cc1ccc(OC)cc1OC.I. The number of nitrogens with one attached hydrogen (secondary N) is 1. The van der Waals surface area contributed by atoms with Gasteiger partial charge in [0, 0.05) is 51.3 Å². The van der Waals surface area contributed by atoms with Crippen molar-refractivity contribution in [2.75, 3.05) is 47.4 Å². The number of nitrogens with zero attached hydrogens (tertiary/aromatic N) is 3. The summed E-state index contributed by atoms with van der Waals surface area (Å²) in [6.45, 7) is 9.32. The van der Waals surface area contributed by atoms with Crippen LogP contribution < -0.4 is 14.8 Å². The fourth-order valence-electron chi connectivity index (χ4n) is 2.77. The normalized spacial score (nSPS) is 10.7. The average molecular weight is 506 g/mol. The van der Waals surface area contributed by atoms with E-state index in [1.807, 2.05) is 55.8 Å². The fourth-order valence-corrected chi connectivity index (χ4v) is 2.77. The maximum absolute atomic E-state index is 12.1. The predicted octanol–water partition coefficient (Wildman–Crippen LogP) is 2.98. The maximum atomic E-state index is 12.1. The van der Waals surface area contributed by atoms with Crippen molar-refractivity contribution >= 4 is 35.8 Å². The summed E-state index contributed by atoms with van der Waals surface area (Å²) < 4.78 is 10.7. The fraction of sp³-hybridized carbons (Fsp3) is 0.600. The molecule has 0 aromatic heterocycles. The minimum Gasteiger partial charge on any atom is -0.497 e. The van der Waals surface area contributed by atoms with Gasteiger partial charge in [0.1, 0.15) is 11.5 Å². The Morgan fingerprint density at radius 1 is 1.14 bits per heavy atom. The molecule has 0 fully saturated rings. The molecule has 28 heavy (non-hydrogen) atoms. The molecule has 1 aromatic rings. The van der Waals surface area contributed by atoms with Gasteiger partial charge in [-0.1, -0.05) is 0 Å². The van der Waals surface area contributed by atoms with E-state index in [1.165, 1.54) is 0 Å². The lowest BCUT2D eigenvalue weighted by atomic mass is 10.2. The molecule has 0 spiro atoms. The Hall–Kier alpha value is -1.71. The summed E-state index contributed by atoms with van der Waals surface area (Å²) in [6.07, 6.45) is 0.413. The van der Waals surface area contributed by atoms with Gasteiger partial charge in [-0.05, 0) is 32.9 Å². The number of carbonyl (C=O) groups is 1. The third kappa shape index (κ3) is 8.12. The molecule has 0 bridgehead atoms. The summed E-state index contributed by atoms with van der Waals surface area (Å²) in [5.41, 5.74) is 1.03. The standard InChI is InChI=1S/C20H34N4O3.HI/c1-7-21-20(22-13-12-19(25)24(8-2)9-3)23(4)15-16-10-11-17(26-5)14-18(16)27-6;/h10-11,14H,7-9,12-13,15H2,1-6H3,(H,21,22);1H. The first-order valence-corrected chi connectivity index (χ1v) is 9.48. The largest absolute Gasteiger partial charge is 0.497 e. The number of benzene rings is 1. The zero-order valence-electron chi connectivity index (χ0n) is 17.9. The van der Waals surface area contributed by atoms with Gasteiger partial charge in [-0.2, -0.15) is 0 Å². The van der Waals surface area contributed by atoms with Crippen LogP contribution in [0.15, 0.2) is 23.2 Å². The number of methoxy groups -OCH3 is 2. The summed E-state index contributed by atoms with van der Waals surface area (Å²) in [7, 11) is 5.25. The number of rotatable bonds is 10. The molecular formula is C20H35IN4O3. The first-order chi connectivity index (χ1) is 13.0. The quantitative estimate of drug-likeness (QED) is 0.300. The number of ether oxygens (including phenoxy) is 2. The lowest BCUT2D eigenvalue weighted by Crippen LogP contribution is -2.39. The van der Waals surface area contributed by atoms with E-state index in [2.05, 4.69) is 10.3 Å². The molecule has 0 unspecified atom stereocenters. The van der Waals surface area contributed by atoms with E-state index in [1.54, 1.807) is 14.2 Å². The molecule has 0 radical (unpaired) electrons. The van der Waals surface area contributed by atoms with E-state index >= 15 is 0 Å². The van der Waals surface area contributed by atoms with Gasteiger partial charge in [0.05, 0.1) is 20.8 Å². The molecule has 0 atom stereocenters. The summed E-state index contributed by atoms with van der Waals surface area (Å²) in [5.74, 6) is 2.43. The van der Waals surface area contributed by atoms with E-state index < -0.39 is 0 Å². The van der Waals surface area contributed by atoms with Crippen molar-refractivity contribution in [2.24, 2.45) is 4.99 Å². The Labute approximate surface area is 186 Å². The van der Waals surface area contributed by atoms with Crippen LogP contribution in [0.2, 0.25) is 0 Å². The summed E-state index contributed by atoms with van der Waals surface area (Å²) in [5, 5.41) is 3.28. The molecule has 7 nitrogen and oxygen atoms in total. The van der Waals surface area contributed by atoms with Crippen LogP contribution in [0, 0.1) is 0 Å². The average Bonchev–Trinajstić information content (AvgIpc) is 2.68. The van der Waals surface area contributed by atoms with Gasteiger partial charge in [0.2, 0.25) is 5.91 Å². The van der Waals surface area contributed by atoms with E-state index in [4.69, 9.17) is 9.47 Å². The second kappa shape index (κ2) is 14.3. The van der Waals surface area contributed by atoms with E-state index in [-0.39, 0.29) is 29.9 Å². The lowest BCUT2D eigenvalue weighted by molar-refractivity contribution is -0.130. The smallest absolute Gasteiger partial charge is 0.224 e.